The maximum absolute atomic E-state index is 5.90. The maximum atomic E-state index is 5.90. The third kappa shape index (κ3) is 7.71. The molecule has 3 aromatic rings. The van der Waals surface area contributed by atoms with Gasteiger partial charge in [0.2, 0.25) is 0 Å². The minimum atomic E-state index is 0.523. The van der Waals surface area contributed by atoms with Crippen molar-refractivity contribution in [2.75, 3.05) is 6.61 Å². The molecular formula is C27H34N2O2. The zero-order valence-electron chi connectivity index (χ0n) is 18.8. The zero-order chi connectivity index (χ0) is 21.7. The monoisotopic (exact) mass is 418 g/mol. The average Bonchev–Trinajstić information content (AvgIpc) is 2.82. The smallest absolute Gasteiger partial charge is 0.159 e. The molecule has 0 unspecified atom stereocenters. The molecule has 0 aliphatic rings. The fourth-order valence-electron chi connectivity index (χ4n) is 3.46. The van der Waals surface area contributed by atoms with Crippen LogP contribution in [-0.4, -0.2) is 16.6 Å². The summed E-state index contributed by atoms with van der Waals surface area (Å²) in [5.41, 5.74) is 3.32. The summed E-state index contributed by atoms with van der Waals surface area (Å²) >= 11 is 0. The molecule has 31 heavy (non-hydrogen) atoms. The van der Waals surface area contributed by atoms with Crippen molar-refractivity contribution in [2.24, 2.45) is 0 Å². The van der Waals surface area contributed by atoms with Crippen molar-refractivity contribution >= 4 is 0 Å². The highest BCUT2D eigenvalue weighted by molar-refractivity contribution is 5.55. The number of nitrogens with zero attached hydrogens (tertiary/aromatic N) is 2. The van der Waals surface area contributed by atoms with Gasteiger partial charge in [0.15, 0.2) is 5.82 Å². The first kappa shape index (κ1) is 22.8. The van der Waals surface area contributed by atoms with Crippen LogP contribution in [-0.2, 0) is 13.0 Å². The Balaban J connectivity index is 1.45. The largest absolute Gasteiger partial charge is 0.494 e. The summed E-state index contributed by atoms with van der Waals surface area (Å²) in [4.78, 5) is 9.12. The van der Waals surface area contributed by atoms with Crippen LogP contribution in [0.4, 0.5) is 0 Å². The maximum Gasteiger partial charge on any atom is 0.159 e. The standard InChI is InChI=1S/C27H34N2O2/c1-3-5-6-7-8-9-10-23-19-28-27(29-20-23)24-13-17-26(18-14-24)31-21-22-11-15-25(16-12-22)30-4-2/h11-20H,3-10,21H2,1-2H3. The van der Waals surface area contributed by atoms with Crippen molar-refractivity contribution in [3.63, 3.8) is 0 Å². The summed E-state index contributed by atoms with van der Waals surface area (Å²) < 4.78 is 11.4. The van der Waals surface area contributed by atoms with E-state index in [0.29, 0.717) is 13.2 Å². The lowest BCUT2D eigenvalue weighted by atomic mass is 10.1. The van der Waals surface area contributed by atoms with Gasteiger partial charge in [0.05, 0.1) is 6.61 Å². The Bertz CT molecular complexity index is 875. The Morgan fingerprint density at radius 2 is 1.26 bits per heavy atom. The van der Waals surface area contributed by atoms with E-state index in [1.54, 1.807) is 0 Å². The number of aryl methyl sites for hydroxylation is 1. The van der Waals surface area contributed by atoms with Crippen LogP contribution in [0.15, 0.2) is 60.9 Å². The van der Waals surface area contributed by atoms with Gasteiger partial charge in [-0.1, -0.05) is 51.2 Å². The van der Waals surface area contributed by atoms with Gasteiger partial charge in [0.25, 0.3) is 0 Å². The predicted octanol–water partition coefficient (Wildman–Crippen LogP) is 7.02. The van der Waals surface area contributed by atoms with E-state index in [1.165, 1.54) is 44.1 Å². The molecule has 0 radical (unpaired) electrons. The third-order valence-electron chi connectivity index (χ3n) is 5.28. The summed E-state index contributed by atoms with van der Waals surface area (Å²) in [5, 5.41) is 0. The third-order valence-corrected chi connectivity index (χ3v) is 5.28. The molecule has 0 bridgehead atoms. The quantitative estimate of drug-likeness (QED) is 0.280. The van der Waals surface area contributed by atoms with E-state index in [1.807, 2.05) is 67.8 Å². The second-order valence-electron chi connectivity index (χ2n) is 7.82. The van der Waals surface area contributed by atoms with Gasteiger partial charge in [-0.05, 0) is 67.3 Å². The van der Waals surface area contributed by atoms with Crippen LogP contribution in [0.25, 0.3) is 11.4 Å². The van der Waals surface area contributed by atoms with E-state index in [2.05, 4.69) is 16.9 Å². The van der Waals surface area contributed by atoms with E-state index in [-0.39, 0.29) is 0 Å². The van der Waals surface area contributed by atoms with Crippen molar-refractivity contribution in [3.05, 3.63) is 72.1 Å². The Morgan fingerprint density at radius 3 is 1.94 bits per heavy atom. The summed E-state index contributed by atoms with van der Waals surface area (Å²) in [6, 6.07) is 16.0. The highest BCUT2D eigenvalue weighted by Crippen LogP contribution is 2.21. The normalized spacial score (nSPS) is 10.8. The first-order valence-electron chi connectivity index (χ1n) is 11.5. The summed E-state index contributed by atoms with van der Waals surface area (Å²) in [6.07, 6.45) is 12.8. The van der Waals surface area contributed by atoms with Gasteiger partial charge in [0, 0.05) is 18.0 Å². The molecule has 0 spiro atoms. The van der Waals surface area contributed by atoms with Gasteiger partial charge in [-0.15, -0.1) is 0 Å². The number of hydrogen-bond acceptors (Lipinski definition) is 4. The van der Waals surface area contributed by atoms with E-state index >= 15 is 0 Å². The van der Waals surface area contributed by atoms with Gasteiger partial charge in [0.1, 0.15) is 18.1 Å². The van der Waals surface area contributed by atoms with Crippen molar-refractivity contribution in [2.45, 2.75) is 65.4 Å². The van der Waals surface area contributed by atoms with Crippen molar-refractivity contribution in [1.29, 1.82) is 0 Å². The number of benzene rings is 2. The number of rotatable bonds is 13. The number of ether oxygens (including phenoxy) is 2. The predicted molar refractivity (Wildman–Crippen MR) is 126 cm³/mol. The summed E-state index contributed by atoms with van der Waals surface area (Å²) in [5.74, 6) is 2.47. The number of hydrogen-bond donors (Lipinski definition) is 0. The van der Waals surface area contributed by atoms with Crippen LogP contribution < -0.4 is 9.47 Å². The topological polar surface area (TPSA) is 44.2 Å². The number of aromatic nitrogens is 2. The molecule has 0 atom stereocenters. The summed E-state index contributed by atoms with van der Waals surface area (Å²) in [6.45, 7) is 5.43. The second-order valence-corrected chi connectivity index (χ2v) is 7.82. The molecule has 4 nitrogen and oxygen atoms in total. The molecule has 0 N–H and O–H groups in total. The molecular weight excluding hydrogens is 384 g/mol. The minimum Gasteiger partial charge on any atom is -0.494 e. The zero-order valence-corrected chi connectivity index (χ0v) is 18.8. The molecule has 0 saturated carbocycles. The Morgan fingerprint density at radius 1 is 0.645 bits per heavy atom. The van der Waals surface area contributed by atoms with Gasteiger partial charge in [-0.3, -0.25) is 0 Å². The molecule has 0 saturated heterocycles. The lowest BCUT2D eigenvalue weighted by Gasteiger charge is -2.08. The molecule has 2 aromatic carbocycles. The van der Waals surface area contributed by atoms with Gasteiger partial charge in [-0.25, -0.2) is 9.97 Å². The number of unbranched alkanes of at least 4 members (excludes halogenated alkanes) is 5. The van der Waals surface area contributed by atoms with Crippen molar-refractivity contribution in [1.82, 2.24) is 9.97 Å². The first-order chi connectivity index (χ1) is 15.3. The molecule has 1 heterocycles. The highest BCUT2D eigenvalue weighted by atomic mass is 16.5. The van der Waals surface area contributed by atoms with Gasteiger partial charge < -0.3 is 9.47 Å². The second kappa shape index (κ2) is 12.7. The molecule has 1 aromatic heterocycles. The molecule has 0 aliphatic heterocycles. The Hall–Kier alpha value is -2.88. The Kier molecular flexibility index (Phi) is 9.36. The van der Waals surface area contributed by atoms with Crippen molar-refractivity contribution in [3.8, 4) is 22.9 Å². The van der Waals surface area contributed by atoms with Crippen LogP contribution in [0.3, 0.4) is 0 Å². The molecule has 0 fully saturated rings. The van der Waals surface area contributed by atoms with Crippen LogP contribution in [0.2, 0.25) is 0 Å². The molecule has 3 rings (SSSR count). The lowest BCUT2D eigenvalue weighted by molar-refractivity contribution is 0.305. The molecule has 164 valence electrons. The van der Waals surface area contributed by atoms with E-state index in [4.69, 9.17) is 9.47 Å². The van der Waals surface area contributed by atoms with E-state index in [9.17, 15) is 0 Å². The van der Waals surface area contributed by atoms with Gasteiger partial charge >= 0.3 is 0 Å². The minimum absolute atomic E-state index is 0.523. The Labute approximate surface area is 186 Å². The van der Waals surface area contributed by atoms with Crippen molar-refractivity contribution < 1.29 is 9.47 Å². The van der Waals surface area contributed by atoms with Crippen LogP contribution in [0.1, 0.15) is 63.5 Å². The van der Waals surface area contributed by atoms with Crippen LogP contribution in [0.5, 0.6) is 11.5 Å². The van der Waals surface area contributed by atoms with E-state index < -0.39 is 0 Å². The molecule has 0 amide bonds. The fourth-order valence-corrected chi connectivity index (χ4v) is 3.46. The van der Waals surface area contributed by atoms with Crippen LogP contribution >= 0.6 is 0 Å². The van der Waals surface area contributed by atoms with E-state index in [0.717, 1.165) is 34.9 Å². The summed E-state index contributed by atoms with van der Waals surface area (Å²) in [7, 11) is 0. The average molecular weight is 419 g/mol. The highest BCUT2D eigenvalue weighted by Gasteiger charge is 2.04. The van der Waals surface area contributed by atoms with Crippen LogP contribution in [0, 0.1) is 0 Å². The fraction of sp³-hybridized carbons (Fsp3) is 0.407. The molecule has 0 aliphatic carbocycles. The SMILES string of the molecule is CCCCCCCCc1cnc(-c2ccc(OCc3ccc(OCC)cc3)cc2)nc1. The first-order valence-corrected chi connectivity index (χ1v) is 11.5. The molecule has 4 heteroatoms. The lowest BCUT2D eigenvalue weighted by Crippen LogP contribution is -1.97. The van der Waals surface area contributed by atoms with Gasteiger partial charge in [-0.2, -0.15) is 0 Å².